The summed E-state index contributed by atoms with van der Waals surface area (Å²) in [6.45, 7) is 2.30. The van der Waals surface area contributed by atoms with Crippen LogP contribution in [0.2, 0.25) is 0 Å². The number of carbonyl (C=O) groups is 2. The molecular formula is C13H16IN3O3. The van der Waals surface area contributed by atoms with Gasteiger partial charge in [-0.3, -0.25) is 9.69 Å². The molecule has 2 amide bonds. The van der Waals surface area contributed by atoms with Crippen LogP contribution in [0.15, 0.2) is 24.3 Å². The standard InChI is InChI=1S/C13H16IN3O3/c14-10-1-3-11(4-2-10)15-13(20)17-7-5-16(6-8-17)9-12(18)19/h1-4H,5-9H2,(H,15,20)(H,18,19). The van der Waals surface area contributed by atoms with E-state index in [2.05, 4.69) is 27.9 Å². The molecule has 1 aliphatic rings. The van der Waals surface area contributed by atoms with Crippen molar-refractivity contribution in [2.24, 2.45) is 0 Å². The number of piperazine rings is 1. The van der Waals surface area contributed by atoms with Gasteiger partial charge in [0.1, 0.15) is 0 Å². The lowest BCUT2D eigenvalue weighted by atomic mass is 10.3. The molecular weight excluding hydrogens is 373 g/mol. The molecule has 1 aromatic rings. The van der Waals surface area contributed by atoms with Crippen molar-refractivity contribution in [3.63, 3.8) is 0 Å². The fourth-order valence-corrected chi connectivity index (χ4v) is 2.40. The predicted octanol–water partition coefficient (Wildman–Crippen LogP) is 1.53. The van der Waals surface area contributed by atoms with Gasteiger partial charge in [0.2, 0.25) is 0 Å². The Bertz CT molecular complexity index is 484. The Labute approximate surface area is 130 Å². The number of carboxylic acid groups (broad SMARTS) is 1. The highest BCUT2D eigenvalue weighted by molar-refractivity contribution is 14.1. The van der Waals surface area contributed by atoms with E-state index in [9.17, 15) is 9.59 Å². The molecule has 1 saturated heterocycles. The Hall–Kier alpha value is -1.35. The lowest BCUT2D eigenvalue weighted by molar-refractivity contribution is -0.138. The minimum atomic E-state index is -0.832. The van der Waals surface area contributed by atoms with Gasteiger partial charge in [0, 0.05) is 35.4 Å². The Morgan fingerprint density at radius 2 is 1.75 bits per heavy atom. The monoisotopic (exact) mass is 389 g/mol. The van der Waals surface area contributed by atoms with Crippen LogP contribution in [0.3, 0.4) is 0 Å². The zero-order chi connectivity index (χ0) is 14.5. The molecule has 7 heteroatoms. The van der Waals surface area contributed by atoms with Crippen LogP contribution in [0.5, 0.6) is 0 Å². The molecule has 1 aromatic carbocycles. The van der Waals surface area contributed by atoms with Crippen molar-refractivity contribution in [1.29, 1.82) is 0 Å². The molecule has 2 N–H and O–H groups in total. The van der Waals surface area contributed by atoms with Crippen LogP contribution in [-0.4, -0.2) is 59.6 Å². The first-order valence-electron chi connectivity index (χ1n) is 6.30. The first kappa shape index (κ1) is 15.0. The van der Waals surface area contributed by atoms with Crippen LogP contribution < -0.4 is 5.32 Å². The van der Waals surface area contributed by atoms with E-state index in [1.54, 1.807) is 4.90 Å². The van der Waals surface area contributed by atoms with Crippen molar-refractivity contribution in [3.05, 3.63) is 27.8 Å². The Balaban J connectivity index is 1.82. The number of amides is 2. The van der Waals surface area contributed by atoms with Gasteiger partial charge in [-0.25, -0.2) is 4.79 Å². The molecule has 1 heterocycles. The smallest absolute Gasteiger partial charge is 0.321 e. The number of aliphatic carboxylic acids is 1. The Kier molecular flexibility index (Phi) is 5.18. The summed E-state index contributed by atoms with van der Waals surface area (Å²) in [7, 11) is 0. The zero-order valence-electron chi connectivity index (χ0n) is 10.9. The molecule has 0 atom stereocenters. The molecule has 0 bridgehead atoms. The quantitative estimate of drug-likeness (QED) is 0.770. The van der Waals surface area contributed by atoms with E-state index in [0.717, 1.165) is 9.26 Å². The van der Waals surface area contributed by atoms with Crippen LogP contribution in [0.25, 0.3) is 0 Å². The second kappa shape index (κ2) is 6.89. The van der Waals surface area contributed by atoms with Crippen molar-refractivity contribution in [1.82, 2.24) is 9.80 Å². The van der Waals surface area contributed by atoms with Gasteiger partial charge in [-0.15, -0.1) is 0 Å². The number of hydrogen-bond donors (Lipinski definition) is 2. The van der Waals surface area contributed by atoms with Crippen LogP contribution >= 0.6 is 22.6 Å². The third kappa shape index (κ3) is 4.34. The summed E-state index contributed by atoms with van der Waals surface area (Å²) in [4.78, 5) is 26.2. The number of hydrogen-bond acceptors (Lipinski definition) is 3. The van der Waals surface area contributed by atoms with E-state index in [0.29, 0.717) is 26.2 Å². The van der Waals surface area contributed by atoms with Crippen LogP contribution in [0.4, 0.5) is 10.5 Å². The fraction of sp³-hybridized carbons (Fsp3) is 0.385. The largest absolute Gasteiger partial charge is 0.480 e. The van der Waals surface area contributed by atoms with Crippen LogP contribution in [0.1, 0.15) is 0 Å². The summed E-state index contributed by atoms with van der Waals surface area (Å²) in [6, 6.07) is 7.45. The van der Waals surface area contributed by atoms with Gasteiger partial charge in [-0.05, 0) is 46.9 Å². The van der Waals surface area contributed by atoms with Crippen molar-refractivity contribution in [3.8, 4) is 0 Å². The third-order valence-corrected chi connectivity index (χ3v) is 3.83. The van der Waals surface area contributed by atoms with Crippen molar-refractivity contribution in [2.45, 2.75) is 0 Å². The Morgan fingerprint density at radius 3 is 2.30 bits per heavy atom. The van der Waals surface area contributed by atoms with E-state index in [1.807, 2.05) is 29.2 Å². The van der Waals surface area contributed by atoms with Crippen LogP contribution in [-0.2, 0) is 4.79 Å². The maximum atomic E-state index is 12.1. The molecule has 0 saturated carbocycles. The maximum absolute atomic E-state index is 12.1. The Morgan fingerprint density at radius 1 is 1.15 bits per heavy atom. The van der Waals surface area contributed by atoms with Gasteiger partial charge in [0.15, 0.2) is 0 Å². The van der Waals surface area contributed by atoms with Gasteiger partial charge >= 0.3 is 12.0 Å². The van der Waals surface area contributed by atoms with Gasteiger partial charge in [-0.1, -0.05) is 0 Å². The number of rotatable bonds is 3. The highest BCUT2D eigenvalue weighted by Crippen LogP contribution is 2.12. The lowest BCUT2D eigenvalue weighted by Crippen LogP contribution is -2.51. The van der Waals surface area contributed by atoms with E-state index in [1.165, 1.54) is 0 Å². The van der Waals surface area contributed by atoms with E-state index < -0.39 is 5.97 Å². The second-order valence-corrected chi connectivity index (χ2v) is 5.84. The minimum Gasteiger partial charge on any atom is -0.480 e. The number of benzene rings is 1. The normalized spacial score (nSPS) is 15.9. The summed E-state index contributed by atoms with van der Waals surface area (Å²) in [6.07, 6.45) is 0. The molecule has 2 rings (SSSR count). The summed E-state index contributed by atoms with van der Waals surface area (Å²) < 4.78 is 1.11. The third-order valence-electron chi connectivity index (χ3n) is 3.11. The number of nitrogens with zero attached hydrogens (tertiary/aromatic N) is 2. The highest BCUT2D eigenvalue weighted by atomic mass is 127. The molecule has 0 spiro atoms. The van der Waals surface area contributed by atoms with Crippen molar-refractivity contribution >= 4 is 40.3 Å². The fourth-order valence-electron chi connectivity index (χ4n) is 2.04. The molecule has 1 fully saturated rings. The molecule has 108 valence electrons. The predicted molar refractivity (Wildman–Crippen MR) is 83.8 cm³/mol. The maximum Gasteiger partial charge on any atom is 0.321 e. The first-order valence-corrected chi connectivity index (χ1v) is 7.38. The zero-order valence-corrected chi connectivity index (χ0v) is 13.0. The van der Waals surface area contributed by atoms with E-state index in [4.69, 9.17) is 5.11 Å². The molecule has 0 radical (unpaired) electrons. The van der Waals surface area contributed by atoms with Crippen LogP contribution in [0, 0.1) is 3.57 Å². The average Bonchev–Trinajstić information content (AvgIpc) is 2.41. The summed E-state index contributed by atoms with van der Waals surface area (Å²) >= 11 is 2.21. The van der Waals surface area contributed by atoms with Gasteiger partial charge in [0.05, 0.1) is 6.54 Å². The molecule has 6 nitrogen and oxygen atoms in total. The minimum absolute atomic E-state index is 0.0343. The summed E-state index contributed by atoms with van der Waals surface area (Å²) in [5.74, 6) is -0.832. The summed E-state index contributed by atoms with van der Waals surface area (Å²) in [5, 5.41) is 11.6. The topological polar surface area (TPSA) is 72.9 Å². The molecule has 20 heavy (non-hydrogen) atoms. The number of nitrogens with one attached hydrogen (secondary N) is 1. The SMILES string of the molecule is O=C(O)CN1CCN(C(=O)Nc2ccc(I)cc2)CC1. The number of anilines is 1. The van der Waals surface area contributed by atoms with E-state index in [-0.39, 0.29) is 12.6 Å². The van der Waals surface area contributed by atoms with Crippen molar-refractivity contribution in [2.75, 3.05) is 38.0 Å². The summed E-state index contributed by atoms with van der Waals surface area (Å²) in [5.41, 5.74) is 0.767. The molecule has 0 unspecified atom stereocenters. The number of carbonyl (C=O) groups excluding carboxylic acids is 1. The number of carboxylic acids is 1. The lowest BCUT2D eigenvalue weighted by Gasteiger charge is -2.33. The highest BCUT2D eigenvalue weighted by Gasteiger charge is 2.22. The molecule has 0 aliphatic carbocycles. The van der Waals surface area contributed by atoms with Gasteiger partial charge < -0.3 is 15.3 Å². The van der Waals surface area contributed by atoms with Crippen molar-refractivity contribution < 1.29 is 14.7 Å². The number of urea groups is 1. The van der Waals surface area contributed by atoms with E-state index >= 15 is 0 Å². The average molecular weight is 389 g/mol. The van der Waals surface area contributed by atoms with Gasteiger partial charge in [-0.2, -0.15) is 0 Å². The first-order chi connectivity index (χ1) is 9.54. The molecule has 0 aromatic heterocycles. The number of halogens is 1. The molecule has 1 aliphatic heterocycles. The van der Waals surface area contributed by atoms with Gasteiger partial charge in [0.25, 0.3) is 0 Å². The second-order valence-electron chi connectivity index (χ2n) is 4.59.